The SMILES string of the molecule is O[C@]12C=C(C3NCCc4c3[nH]c3ccccc43)[C@H]3CCN(CCCC/C=C\CC1)C[C@@]31C[C@@H]3/C=C\CCCCN3[C@H]12. The summed E-state index contributed by atoms with van der Waals surface area (Å²) in [5.74, 6) is 0.487. The van der Waals surface area contributed by atoms with Gasteiger partial charge in [0.05, 0.1) is 17.7 Å². The van der Waals surface area contributed by atoms with Crippen molar-refractivity contribution in [3.8, 4) is 0 Å². The third-order valence-corrected chi connectivity index (χ3v) is 11.7. The van der Waals surface area contributed by atoms with Crippen LogP contribution < -0.4 is 5.32 Å². The molecule has 6 aliphatic rings. The molecule has 1 aliphatic carbocycles. The van der Waals surface area contributed by atoms with Crippen molar-refractivity contribution in [2.45, 2.75) is 94.4 Å². The van der Waals surface area contributed by atoms with E-state index in [9.17, 15) is 5.11 Å². The Hall–Kier alpha value is -2.18. The monoisotopic (exact) mass is 552 g/mol. The van der Waals surface area contributed by atoms with Gasteiger partial charge in [-0.1, -0.05) is 48.6 Å². The van der Waals surface area contributed by atoms with E-state index < -0.39 is 5.60 Å². The molecule has 0 radical (unpaired) electrons. The summed E-state index contributed by atoms with van der Waals surface area (Å²) >= 11 is 0. The molecule has 0 amide bonds. The number of aromatic nitrogens is 1. The van der Waals surface area contributed by atoms with Gasteiger partial charge in [-0.2, -0.15) is 0 Å². The van der Waals surface area contributed by atoms with Gasteiger partial charge in [0.1, 0.15) is 0 Å². The second-order valence-electron chi connectivity index (χ2n) is 14.0. The molecule has 2 saturated heterocycles. The van der Waals surface area contributed by atoms with Crippen molar-refractivity contribution in [3.05, 3.63) is 71.5 Å². The number of hydrogen-bond donors (Lipinski definition) is 3. The zero-order valence-corrected chi connectivity index (χ0v) is 24.7. The van der Waals surface area contributed by atoms with Crippen molar-refractivity contribution < 1.29 is 5.11 Å². The number of aliphatic hydroxyl groups is 1. The standard InChI is InChI=1S/C36H48N4O/c41-36-18-10-4-1-2-5-11-20-39-22-17-30(35(25-39)23-26-13-7-3-6-12-21-40(26)34(35)36)29(24-36)32-33-28(16-19-37-32)27-14-8-9-15-31(27)38-33/h1,4,7-9,13-15,24,26,30,32,34,37-38,41H,2-3,5-6,10-12,16-23,25H2/b4-1-,13-7-/t26-,30+,32?,34+,35-,36-/m0/s1. The second kappa shape index (κ2) is 10.5. The lowest BCUT2D eigenvalue weighted by Gasteiger charge is -2.59. The number of nitrogens with one attached hydrogen (secondary N) is 2. The minimum absolute atomic E-state index is 0.0690. The Morgan fingerprint density at radius 2 is 1.78 bits per heavy atom. The number of aromatic amines is 1. The molecule has 5 nitrogen and oxygen atoms in total. The Bertz CT molecular complexity index is 1370. The van der Waals surface area contributed by atoms with Crippen molar-refractivity contribution in [2.75, 3.05) is 32.7 Å². The number of fused-ring (bicyclic) bond motifs is 5. The molecule has 1 aromatic heterocycles. The van der Waals surface area contributed by atoms with E-state index in [1.54, 1.807) is 0 Å². The van der Waals surface area contributed by atoms with E-state index in [0.717, 1.165) is 38.9 Å². The molecule has 2 aromatic rings. The molecule has 3 N–H and O–H groups in total. The predicted octanol–water partition coefficient (Wildman–Crippen LogP) is 6.04. The van der Waals surface area contributed by atoms with Gasteiger partial charge in [0.25, 0.3) is 0 Å². The van der Waals surface area contributed by atoms with Crippen LogP contribution in [0.15, 0.2) is 60.2 Å². The molecule has 1 aromatic carbocycles. The van der Waals surface area contributed by atoms with E-state index >= 15 is 0 Å². The van der Waals surface area contributed by atoms with Crippen LogP contribution in [-0.4, -0.2) is 70.3 Å². The largest absolute Gasteiger partial charge is 0.384 e. The van der Waals surface area contributed by atoms with E-state index in [4.69, 9.17) is 0 Å². The zero-order valence-electron chi connectivity index (χ0n) is 24.7. The van der Waals surface area contributed by atoms with E-state index in [0.29, 0.717) is 12.0 Å². The maximum atomic E-state index is 13.1. The number of hydrogen-bond acceptors (Lipinski definition) is 4. The molecule has 2 unspecified atom stereocenters. The first-order valence-electron chi connectivity index (χ1n) is 16.7. The fourth-order valence-corrected chi connectivity index (χ4v) is 10.2. The average molecular weight is 553 g/mol. The highest BCUT2D eigenvalue weighted by Gasteiger charge is 2.66. The van der Waals surface area contributed by atoms with Crippen molar-refractivity contribution in [2.24, 2.45) is 11.3 Å². The van der Waals surface area contributed by atoms with Crippen LogP contribution >= 0.6 is 0 Å². The van der Waals surface area contributed by atoms with Crippen LogP contribution in [0.3, 0.4) is 0 Å². The van der Waals surface area contributed by atoms with Gasteiger partial charge in [-0.15, -0.1) is 0 Å². The molecular formula is C36H48N4O. The van der Waals surface area contributed by atoms with Gasteiger partial charge in [-0.05, 0) is 113 Å². The molecule has 0 saturated carbocycles. The number of H-pyrrole nitrogens is 1. The summed E-state index contributed by atoms with van der Waals surface area (Å²) in [6.07, 6.45) is 24.8. The molecule has 41 heavy (non-hydrogen) atoms. The quantitative estimate of drug-likeness (QED) is 0.378. The maximum absolute atomic E-state index is 13.1. The second-order valence-corrected chi connectivity index (χ2v) is 14.0. The molecule has 5 aliphatic heterocycles. The summed E-state index contributed by atoms with van der Waals surface area (Å²) in [4.78, 5) is 9.45. The zero-order chi connectivity index (χ0) is 27.4. The third-order valence-electron chi connectivity index (χ3n) is 11.7. The number of para-hydroxylation sites is 1. The third kappa shape index (κ3) is 4.33. The van der Waals surface area contributed by atoms with Crippen LogP contribution in [-0.2, 0) is 6.42 Å². The number of allylic oxidation sites excluding steroid dienone is 3. The van der Waals surface area contributed by atoms with E-state index in [1.165, 1.54) is 92.2 Å². The van der Waals surface area contributed by atoms with Gasteiger partial charge < -0.3 is 20.3 Å². The van der Waals surface area contributed by atoms with E-state index in [1.807, 2.05) is 0 Å². The van der Waals surface area contributed by atoms with Gasteiger partial charge >= 0.3 is 0 Å². The smallest absolute Gasteiger partial charge is 0.0994 e. The molecule has 1 spiro atoms. The molecule has 5 heteroatoms. The normalized spacial score (nSPS) is 41.0. The number of nitrogens with zero attached hydrogens (tertiary/aromatic N) is 2. The van der Waals surface area contributed by atoms with Crippen LogP contribution in [0.5, 0.6) is 0 Å². The summed E-state index contributed by atoms with van der Waals surface area (Å²) in [7, 11) is 0. The Labute approximate surface area is 245 Å². The fraction of sp³-hybridized carbons (Fsp3) is 0.611. The van der Waals surface area contributed by atoms with Gasteiger partial charge in [0.2, 0.25) is 0 Å². The van der Waals surface area contributed by atoms with Gasteiger partial charge in [-0.25, -0.2) is 0 Å². The van der Waals surface area contributed by atoms with E-state index in [-0.39, 0.29) is 17.5 Å². The molecule has 218 valence electrons. The lowest BCUT2D eigenvalue weighted by molar-refractivity contribution is -0.0984. The summed E-state index contributed by atoms with van der Waals surface area (Å²) in [5.41, 5.74) is 4.80. The molecule has 6 heterocycles. The summed E-state index contributed by atoms with van der Waals surface area (Å²) < 4.78 is 0. The van der Waals surface area contributed by atoms with Gasteiger partial charge in [-0.3, -0.25) is 4.90 Å². The molecular weight excluding hydrogens is 504 g/mol. The summed E-state index contributed by atoms with van der Waals surface area (Å²) in [6, 6.07) is 9.61. The van der Waals surface area contributed by atoms with Crippen molar-refractivity contribution >= 4 is 10.9 Å². The van der Waals surface area contributed by atoms with Crippen LogP contribution in [0.1, 0.15) is 81.5 Å². The molecule has 3 bridgehead atoms. The van der Waals surface area contributed by atoms with Crippen LogP contribution in [0.2, 0.25) is 0 Å². The maximum Gasteiger partial charge on any atom is 0.0994 e. The van der Waals surface area contributed by atoms with Crippen LogP contribution in [0.4, 0.5) is 0 Å². The number of benzene rings is 1. The molecule has 2 fully saturated rings. The topological polar surface area (TPSA) is 54.5 Å². The van der Waals surface area contributed by atoms with Crippen molar-refractivity contribution in [3.63, 3.8) is 0 Å². The average Bonchev–Trinajstić information content (AvgIpc) is 3.49. The Balaban J connectivity index is 1.30. The molecule has 8 rings (SSSR count). The first kappa shape index (κ1) is 26.4. The van der Waals surface area contributed by atoms with Gasteiger partial charge in [0, 0.05) is 41.1 Å². The number of rotatable bonds is 1. The molecule has 7 atom stereocenters. The predicted molar refractivity (Wildman–Crippen MR) is 167 cm³/mol. The van der Waals surface area contributed by atoms with E-state index in [2.05, 4.69) is 74.7 Å². The number of piperidine rings is 1. The Morgan fingerprint density at radius 1 is 0.927 bits per heavy atom. The summed E-state index contributed by atoms with van der Waals surface area (Å²) in [6.45, 7) is 5.61. The van der Waals surface area contributed by atoms with Crippen LogP contribution in [0.25, 0.3) is 10.9 Å². The first-order chi connectivity index (χ1) is 20.2. The van der Waals surface area contributed by atoms with Crippen molar-refractivity contribution in [1.82, 2.24) is 20.1 Å². The highest BCUT2D eigenvalue weighted by Crippen LogP contribution is 2.61. The lowest BCUT2D eigenvalue weighted by atomic mass is 9.54. The van der Waals surface area contributed by atoms with Crippen LogP contribution in [0, 0.1) is 11.3 Å². The minimum Gasteiger partial charge on any atom is -0.384 e. The van der Waals surface area contributed by atoms with Gasteiger partial charge in [0.15, 0.2) is 0 Å². The van der Waals surface area contributed by atoms with Crippen molar-refractivity contribution in [1.29, 1.82) is 0 Å². The Morgan fingerprint density at radius 3 is 2.73 bits per heavy atom. The summed E-state index contributed by atoms with van der Waals surface area (Å²) in [5, 5.41) is 18.5. The fourth-order valence-electron chi connectivity index (χ4n) is 10.2. The highest BCUT2D eigenvalue weighted by molar-refractivity contribution is 5.85. The Kier molecular flexibility index (Phi) is 6.78. The minimum atomic E-state index is -0.833. The highest BCUT2D eigenvalue weighted by atomic mass is 16.3. The lowest BCUT2D eigenvalue weighted by Crippen LogP contribution is -2.66. The first-order valence-corrected chi connectivity index (χ1v) is 16.7.